The minimum Gasteiger partial charge on any atom is -0.468 e. The minimum atomic E-state index is -0.0738. The van der Waals surface area contributed by atoms with E-state index < -0.39 is 0 Å². The first-order valence-electron chi connectivity index (χ1n) is 5.41. The maximum atomic E-state index is 11.6. The summed E-state index contributed by atoms with van der Waals surface area (Å²) in [6.45, 7) is 4.29. The Balaban J connectivity index is 2.61. The molecule has 0 aromatic rings. The van der Waals surface area contributed by atoms with Gasteiger partial charge in [0.15, 0.2) is 0 Å². The van der Waals surface area contributed by atoms with Crippen molar-refractivity contribution in [1.82, 2.24) is 4.90 Å². The Labute approximate surface area is 86.4 Å². The van der Waals surface area contributed by atoms with Crippen molar-refractivity contribution in [2.75, 3.05) is 14.2 Å². The standard InChI is InChI=1S/C11H21NO2/c1-5-8(2)12(3)10(9-6-7-9)11(13)14-4/h8-10H,5-7H2,1-4H3. The highest BCUT2D eigenvalue weighted by atomic mass is 16.5. The molecule has 0 aliphatic heterocycles. The fourth-order valence-corrected chi connectivity index (χ4v) is 1.79. The molecule has 2 unspecified atom stereocenters. The van der Waals surface area contributed by atoms with Crippen LogP contribution in [0.2, 0.25) is 0 Å². The van der Waals surface area contributed by atoms with Gasteiger partial charge in [-0.15, -0.1) is 0 Å². The van der Waals surface area contributed by atoms with Crippen LogP contribution in [0.4, 0.5) is 0 Å². The molecule has 1 aliphatic rings. The molecular formula is C11H21NO2. The fourth-order valence-electron chi connectivity index (χ4n) is 1.79. The Hall–Kier alpha value is -0.570. The fraction of sp³-hybridized carbons (Fsp3) is 0.909. The van der Waals surface area contributed by atoms with Crippen LogP contribution in [0.3, 0.4) is 0 Å². The van der Waals surface area contributed by atoms with Gasteiger partial charge in [0.2, 0.25) is 0 Å². The smallest absolute Gasteiger partial charge is 0.323 e. The van der Waals surface area contributed by atoms with Crippen LogP contribution < -0.4 is 0 Å². The molecule has 1 aliphatic carbocycles. The van der Waals surface area contributed by atoms with Gasteiger partial charge < -0.3 is 4.74 Å². The lowest BCUT2D eigenvalue weighted by Gasteiger charge is -2.30. The number of ether oxygens (including phenoxy) is 1. The second-order valence-corrected chi connectivity index (χ2v) is 4.23. The molecule has 3 heteroatoms. The maximum Gasteiger partial charge on any atom is 0.323 e. The summed E-state index contributed by atoms with van der Waals surface area (Å²) >= 11 is 0. The van der Waals surface area contributed by atoms with Crippen molar-refractivity contribution in [3.05, 3.63) is 0 Å². The van der Waals surface area contributed by atoms with Gasteiger partial charge in [0, 0.05) is 6.04 Å². The van der Waals surface area contributed by atoms with Crippen molar-refractivity contribution < 1.29 is 9.53 Å². The number of rotatable bonds is 5. The van der Waals surface area contributed by atoms with Crippen molar-refractivity contribution in [1.29, 1.82) is 0 Å². The maximum absolute atomic E-state index is 11.6. The van der Waals surface area contributed by atoms with Crippen molar-refractivity contribution in [3.8, 4) is 0 Å². The first-order chi connectivity index (χ1) is 6.61. The Morgan fingerprint density at radius 2 is 2.14 bits per heavy atom. The van der Waals surface area contributed by atoms with Gasteiger partial charge >= 0.3 is 5.97 Å². The monoisotopic (exact) mass is 199 g/mol. The summed E-state index contributed by atoms with van der Waals surface area (Å²) < 4.78 is 4.85. The average molecular weight is 199 g/mol. The van der Waals surface area contributed by atoms with Gasteiger partial charge in [-0.25, -0.2) is 0 Å². The summed E-state index contributed by atoms with van der Waals surface area (Å²) in [7, 11) is 3.50. The van der Waals surface area contributed by atoms with E-state index in [0.29, 0.717) is 12.0 Å². The lowest BCUT2D eigenvalue weighted by Crippen LogP contribution is -2.45. The second kappa shape index (κ2) is 4.78. The number of nitrogens with zero attached hydrogens (tertiary/aromatic N) is 1. The third-order valence-electron chi connectivity index (χ3n) is 3.24. The van der Waals surface area contributed by atoms with Gasteiger partial charge in [-0.3, -0.25) is 9.69 Å². The third-order valence-corrected chi connectivity index (χ3v) is 3.24. The number of carbonyl (C=O) groups excluding carboxylic acids is 1. The number of esters is 1. The molecule has 0 radical (unpaired) electrons. The zero-order valence-electron chi connectivity index (χ0n) is 9.62. The van der Waals surface area contributed by atoms with Crippen molar-refractivity contribution in [3.63, 3.8) is 0 Å². The van der Waals surface area contributed by atoms with Gasteiger partial charge in [-0.2, -0.15) is 0 Å². The van der Waals surface area contributed by atoms with Gasteiger partial charge in [-0.1, -0.05) is 6.92 Å². The molecule has 0 bridgehead atoms. The molecular weight excluding hydrogens is 178 g/mol. The van der Waals surface area contributed by atoms with Crippen LogP contribution in [0.5, 0.6) is 0 Å². The van der Waals surface area contributed by atoms with E-state index in [1.54, 1.807) is 0 Å². The zero-order chi connectivity index (χ0) is 10.7. The Morgan fingerprint density at radius 1 is 1.57 bits per heavy atom. The van der Waals surface area contributed by atoms with Crippen LogP contribution in [0, 0.1) is 5.92 Å². The van der Waals surface area contributed by atoms with Crippen LogP contribution in [0.1, 0.15) is 33.1 Å². The molecule has 1 rings (SSSR count). The predicted molar refractivity (Wildman–Crippen MR) is 56.0 cm³/mol. The van der Waals surface area contributed by atoms with Gasteiger partial charge in [0.05, 0.1) is 7.11 Å². The molecule has 0 saturated heterocycles. The largest absolute Gasteiger partial charge is 0.468 e. The number of carbonyl (C=O) groups is 1. The third kappa shape index (κ3) is 2.47. The Kier molecular flexibility index (Phi) is 3.93. The molecule has 82 valence electrons. The van der Waals surface area contributed by atoms with Gasteiger partial charge in [-0.05, 0) is 39.2 Å². The van der Waals surface area contributed by atoms with Crippen molar-refractivity contribution >= 4 is 5.97 Å². The van der Waals surface area contributed by atoms with E-state index in [-0.39, 0.29) is 12.0 Å². The van der Waals surface area contributed by atoms with E-state index in [2.05, 4.69) is 18.7 Å². The highest BCUT2D eigenvalue weighted by Gasteiger charge is 2.40. The summed E-state index contributed by atoms with van der Waals surface area (Å²) in [5, 5.41) is 0. The molecule has 0 spiro atoms. The van der Waals surface area contributed by atoms with E-state index in [9.17, 15) is 4.79 Å². The van der Waals surface area contributed by atoms with Crippen LogP contribution in [-0.2, 0) is 9.53 Å². The SMILES string of the molecule is CCC(C)N(C)C(C(=O)OC)C1CC1. The van der Waals surface area contributed by atoms with Crippen LogP contribution in [-0.4, -0.2) is 37.1 Å². The normalized spacial score (nSPS) is 20.6. The van der Waals surface area contributed by atoms with Crippen LogP contribution in [0.25, 0.3) is 0 Å². The van der Waals surface area contributed by atoms with Crippen molar-refractivity contribution in [2.45, 2.75) is 45.2 Å². The van der Waals surface area contributed by atoms with E-state index in [1.807, 2.05) is 7.05 Å². The van der Waals surface area contributed by atoms with E-state index >= 15 is 0 Å². The quantitative estimate of drug-likeness (QED) is 0.631. The minimum absolute atomic E-state index is 0.0186. The molecule has 0 aromatic heterocycles. The molecule has 0 amide bonds. The first-order valence-corrected chi connectivity index (χ1v) is 5.41. The lowest BCUT2D eigenvalue weighted by atomic mass is 10.1. The molecule has 1 saturated carbocycles. The topological polar surface area (TPSA) is 29.5 Å². The van der Waals surface area contributed by atoms with E-state index in [1.165, 1.54) is 20.0 Å². The highest BCUT2D eigenvalue weighted by Crippen LogP contribution is 2.36. The summed E-state index contributed by atoms with van der Waals surface area (Å²) in [5.41, 5.74) is 0. The van der Waals surface area contributed by atoms with E-state index in [0.717, 1.165) is 6.42 Å². The summed E-state index contributed by atoms with van der Waals surface area (Å²) in [4.78, 5) is 13.7. The summed E-state index contributed by atoms with van der Waals surface area (Å²) in [6.07, 6.45) is 3.40. The van der Waals surface area contributed by atoms with Crippen molar-refractivity contribution in [2.24, 2.45) is 5.92 Å². The molecule has 2 atom stereocenters. The number of likely N-dealkylation sites (N-methyl/N-ethyl adjacent to an activating group) is 1. The van der Waals surface area contributed by atoms with Gasteiger partial charge in [0.1, 0.15) is 6.04 Å². The molecule has 3 nitrogen and oxygen atoms in total. The van der Waals surface area contributed by atoms with Crippen LogP contribution in [0.15, 0.2) is 0 Å². The molecule has 14 heavy (non-hydrogen) atoms. The Bertz CT molecular complexity index is 201. The molecule has 1 fully saturated rings. The summed E-state index contributed by atoms with van der Waals surface area (Å²) in [6, 6.07) is 0.426. The lowest BCUT2D eigenvalue weighted by molar-refractivity contribution is -0.148. The average Bonchev–Trinajstić information content (AvgIpc) is 3.00. The van der Waals surface area contributed by atoms with Crippen LogP contribution >= 0.6 is 0 Å². The number of hydrogen-bond donors (Lipinski definition) is 0. The number of methoxy groups -OCH3 is 1. The number of hydrogen-bond acceptors (Lipinski definition) is 3. The van der Waals surface area contributed by atoms with Gasteiger partial charge in [0.25, 0.3) is 0 Å². The summed E-state index contributed by atoms with van der Waals surface area (Å²) in [5.74, 6) is 0.455. The second-order valence-electron chi connectivity index (χ2n) is 4.23. The molecule has 0 aromatic carbocycles. The molecule has 0 heterocycles. The highest BCUT2D eigenvalue weighted by molar-refractivity contribution is 5.76. The first kappa shape index (κ1) is 11.5. The molecule has 0 N–H and O–H groups in total. The zero-order valence-corrected chi connectivity index (χ0v) is 9.62. The predicted octanol–water partition coefficient (Wildman–Crippen LogP) is 1.67. The Morgan fingerprint density at radius 3 is 2.50 bits per heavy atom. The van der Waals surface area contributed by atoms with E-state index in [4.69, 9.17) is 4.74 Å².